The fourth-order valence-corrected chi connectivity index (χ4v) is 6.25. The summed E-state index contributed by atoms with van der Waals surface area (Å²) in [7, 11) is -3.96. The number of sulfonamides is 1. The molecule has 0 radical (unpaired) electrons. The summed E-state index contributed by atoms with van der Waals surface area (Å²) in [6.45, 7) is 6.01. The summed E-state index contributed by atoms with van der Waals surface area (Å²) in [6, 6.07) is 11.5. The van der Waals surface area contributed by atoms with Gasteiger partial charge in [-0.25, -0.2) is 22.5 Å². The summed E-state index contributed by atoms with van der Waals surface area (Å²) in [5, 5.41) is 2.77. The van der Waals surface area contributed by atoms with E-state index in [1.807, 2.05) is 6.92 Å². The normalized spacial score (nSPS) is 17.3. The van der Waals surface area contributed by atoms with Crippen LogP contribution in [0.5, 0.6) is 0 Å². The van der Waals surface area contributed by atoms with Gasteiger partial charge in [0, 0.05) is 18.2 Å². The van der Waals surface area contributed by atoms with E-state index in [0.29, 0.717) is 29.2 Å². The van der Waals surface area contributed by atoms with Gasteiger partial charge in [0.05, 0.1) is 30.1 Å². The maximum absolute atomic E-state index is 14.5. The van der Waals surface area contributed by atoms with Gasteiger partial charge in [-0.05, 0) is 63.3 Å². The molecule has 2 heterocycles. The Labute approximate surface area is 234 Å². The Kier molecular flexibility index (Phi) is 9.36. The fraction of sp³-hybridized carbons (Fsp3) is 0.414. The highest BCUT2D eigenvalue weighted by molar-refractivity contribution is 7.88. The minimum atomic E-state index is -3.96. The van der Waals surface area contributed by atoms with E-state index < -0.39 is 33.8 Å². The maximum Gasteiger partial charge on any atom is 0.239 e. The first kappa shape index (κ1) is 29.4. The minimum Gasteiger partial charge on any atom is -0.345 e. The number of halogens is 1. The van der Waals surface area contributed by atoms with Gasteiger partial charge in [-0.15, -0.1) is 0 Å². The molecule has 3 aromatic rings. The number of imidazole rings is 1. The van der Waals surface area contributed by atoms with Crippen LogP contribution in [-0.2, 0) is 25.4 Å². The number of carbonyl (C=O) groups is 2. The quantitative estimate of drug-likeness (QED) is 0.341. The number of rotatable bonds is 10. The first-order valence-corrected chi connectivity index (χ1v) is 15.1. The van der Waals surface area contributed by atoms with E-state index in [4.69, 9.17) is 0 Å². The highest BCUT2D eigenvalue weighted by Crippen LogP contribution is 2.24. The van der Waals surface area contributed by atoms with E-state index in [-0.39, 0.29) is 24.1 Å². The van der Waals surface area contributed by atoms with Gasteiger partial charge in [-0.3, -0.25) is 9.59 Å². The van der Waals surface area contributed by atoms with Crippen molar-refractivity contribution in [1.29, 1.82) is 0 Å². The lowest BCUT2D eigenvalue weighted by Gasteiger charge is -2.34. The van der Waals surface area contributed by atoms with Crippen molar-refractivity contribution >= 4 is 21.8 Å². The Hall–Kier alpha value is -3.57. The molecule has 3 atom stereocenters. The van der Waals surface area contributed by atoms with Crippen molar-refractivity contribution in [2.45, 2.75) is 70.3 Å². The van der Waals surface area contributed by atoms with E-state index in [0.717, 1.165) is 24.8 Å². The maximum atomic E-state index is 14.5. The van der Waals surface area contributed by atoms with E-state index in [1.54, 1.807) is 61.2 Å². The molecule has 2 amide bonds. The summed E-state index contributed by atoms with van der Waals surface area (Å²) in [6.07, 6.45) is 3.92. The number of likely N-dealkylation sites (tertiary alicyclic amines) is 1. The first-order valence-electron chi connectivity index (χ1n) is 13.5. The molecule has 1 saturated heterocycles. The molecule has 0 bridgehead atoms. The van der Waals surface area contributed by atoms with E-state index in [2.05, 4.69) is 20.0 Å². The van der Waals surface area contributed by atoms with Gasteiger partial charge >= 0.3 is 0 Å². The van der Waals surface area contributed by atoms with Gasteiger partial charge in [-0.1, -0.05) is 36.4 Å². The Morgan fingerprint density at radius 1 is 1.18 bits per heavy atom. The molecule has 0 saturated carbocycles. The Balaban J connectivity index is 1.50. The van der Waals surface area contributed by atoms with Crippen LogP contribution in [0, 0.1) is 12.7 Å². The smallest absolute Gasteiger partial charge is 0.239 e. The van der Waals surface area contributed by atoms with Gasteiger partial charge in [0.1, 0.15) is 17.7 Å². The van der Waals surface area contributed by atoms with E-state index >= 15 is 0 Å². The Morgan fingerprint density at radius 2 is 1.93 bits per heavy atom. The number of amides is 2. The van der Waals surface area contributed by atoms with Gasteiger partial charge < -0.3 is 15.2 Å². The van der Waals surface area contributed by atoms with Crippen molar-refractivity contribution in [3.05, 3.63) is 77.5 Å². The fourth-order valence-electron chi connectivity index (χ4n) is 4.91. The lowest BCUT2D eigenvalue weighted by Crippen LogP contribution is -2.51. The number of nitrogens with one attached hydrogen (secondary N) is 3. The number of aromatic amines is 1. The predicted molar refractivity (Wildman–Crippen MR) is 151 cm³/mol. The number of nitrogens with zero attached hydrogens (tertiary/aromatic N) is 2. The summed E-state index contributed by atoms with van der Waals surface area (Å²) >= 11 is 0. The molecule has 3 N–H and O–H groups in total. The second-order valence-corrected chi connectivity index (χ2v) is 12.2. The van der Waals surface area contributed by atoms with Crippen molar-refractivity contribution in [3.63, 3.8) is 0 Å². The van der Waals surface area contributed by atoms with E-state index in [9.17, 15) is 22.4 Å². The average molecular weight is 570 g/mol. The molecule has 0 spiro atoms. The zero-order chi connectivity index (χ0) is 28.9. The van der Waals surface area contributed by atoms with Gasteiger partial charge in [0.2, 0.25) is 21.8 Å². The zero-order valence-corrected chi connectivity index (χ0v) is 23.8. The number of aromatic nitrogens is 2. The number of hydrogen-bond donors (Lipinski definition) is 3. The molecule has 1 aliphatic rings. The highest BCUT2D eigenvalue weighted by atomic mass is 32.2. The standard InChI is InChI=1S/C29H36FN5O4S/c1-19-12-13-23(24(30)15-19)26-17-31-28(33-26)21(3)32-29(37)25(16-27(36)35-14-8-7-9-20(35)2)34-40(38,39)18-22-10-5-4-6-11-22/h4-6,10-13,15,17,20-21,25,34H,7-9,14,16,18H2,1-3H3,(H,31,33)(H,32,37)/t20-,21-,25-/m0/s1. The molecule has 2 aromatic carbocycles. The summed E-state index contributed by atoms with van der Waals surface area (Å²) in [4.78, 5) is 35.7. The average Bonchev–Trinajstić information content (AvgIpc) is 3.39. The molecule has 214 valence electrons. The van der Waals surface area contributed by atoms with Gasteiger partial charge in [0.15, 0.2) is 0 Å². The third-order valence-electron chi connectivity index (χ3n) is 7.12. The molecule has 0 aliphatic carbocycles. The second-order valence-electron chi connectivity index (χ2n) is 10.4. The van der Waals surface area contributed by atoms with Crippen molar-refractivity contribution < 1.29 is 22.4 Å². The molecule has 40 heavy (non-hydrogen) atoms. The topological polar surface area (TPSA) is 124 Å². The number of hydrogen-bond acceptors (Lipinski definition) is 5. The Morgan fingerprint density at radius 3 is 2.62 bits per heavy atom. The molecule has 1 fully saturated rings. The number of benzene rings is 2. The van der Waals surface area contributed by atoms with Crippen molar-refractivity contribution in [2.24, 2.45) is 0 Å². The van der Waals surface area contributed by atoms with Crippen molar-refractivity contribution in [1.82, 2.24) is 24.9 Å². The molecule has 11 heteroatoms. The summed E-state index contributed by atoms with van der Waals surface area (Å²) in [5.41, 5.74) is 2.14. The van der Waals surface area contributed by atoms with Gasteiger partial charge in [-0.2, -0.15) is 0 Å². The summed E-state index contributed by atoms with van der Waals surface area (Å²) in [5.74, 6) is -1.29. The van der Waals surface area contributed by atoms with Crippen LogP contribution in [0.1, 0.15) is 62.5 Å². The van der Waals surface area contributed by atoms with Crippen LogP contribution in [0.2, 0.25) is 0 Å². The van der Waals surface area contributed by atoms with Crippen LogP contribution in [-0.4, -0.2) is 53.7 Å². The number of H-pyrrole nitrogens is 1. The number of piperidine rings is 1. The molecular formula is C29H36FN5O4S. The molecular weight excluding hydrogens is 533 g/mol. The van der Waals surface area contributed by atoms with Crippen LogP contribution in [0.4, 0.5) is 4.39 Å². The second kappa shape index (κ2) is 12.7. The highest BCUT2D eigenvalue weighted by Gasteiger charge is 2.32. The molecule has 4 rings (SSSR count). The Bertz CT molecular complexity index is 1440. The SMILES string of the molecule is Cc1ccc(-c2cnc([C@H](C)NC(=O)[C@H](CC(=O)N3CCCC[C@@H]3C)NS(=O)(=O)Cc3ccccc3)[nH]2)c(F)c1. The molecule has 1 aromatic heterocycles. The third kappa shape index (κ3) is 7.54. The predicted octanol–water partition coefficient (Wildman–Crippen LogP) is 3.98. The van der Waals surface area contributed by atoms with Crippen molar-refractivity contribution in [3.8, 4) is 11.3 Å². The number of aryl methyl sites for hydroxylation is 1. The minimum absolute atomic E-state index is 0.0218. The lowest BCUT2D eigenvalue weighted by molar-refractivity contribution is -0.137. The third-order valence-corrected chi connectivity index (χ3v) is 8.48. The van der Waals surface area contributed by atoms with E-state index in [1.165, 1.54) is 12.3 Å². The molecule has 9 nitrogen and oxygen atoms in total. The monoisotopic (exact) mass is 569 g/mol. The molecule has 1 aliphatic heterocycles. The zero-order valence-electron chi connectivity index (χ0n) is 23.0. The lowest BCUT2D eigenvalue weighted by atomic mass is 10.0. The molecule has 0 unspecified atom stereocenters. The number of carbonyl (C=O) groups excluding carboxylic acids is 2. The van der Waals surface area contributed by atoms with Crippen LogP contribution >= 0.6 is 0 Å². The van der Waals surface area contributed by atoms with Gasteiger partial charge in [0.25, 0.3) is 0 Å². The largest absolute Gasteiger partial charge is 0.345 e. The van der Waals surface area contributed by atoms with Crippen LogP contribution in [0.25, 0.3) is 11.3 Å². The van der Waals surface area contributed by atoms with Crippen LogP contribution in [0.15, 0.2) is 54.7 Å². The summed E-state index contributed by atoms with van der Waals surface area (Å²) < 4.78 is 43.0. The van der Waals surface area contributed by atoms with Crippen molar-refractivity contribution in [2.75, 3.05) is 6.54 Å². The van der Waals surface area contributed by atoms with Crippen LogP contribution < -0.4 is 10.0 Å². The van der Waals surface area contributed by atoms with Crippen LogP contribution in [0.3, 0.4) is 0 Å². The first-order chi connectivity index (χ1) is 19.0.